The molecule has 0 saturated carbocycles. The molecule has 1 fully saturated rings. The van der Waals surface area contributed by atoms with Crippen molar-refractivity contribution >= 4 is 22.2 Å². The lowest BCUT2D eigenvalue weighted by atomic mass is 10.1. The summed E-state index contributed by atoms with van der Waals surface area (Å²) >= 11 is 1.45. The van der Waals surface area contributed by atoms with E-state index < -0.39 is 0 Å². The molecule has 8 heteroatoms. The van der Waals surface area contributed by atoms with Crippen LogP contribution < -0.4 is 15.4 Å². The molecule has 0 bridgehead atoms. The van der Waals surface area contributed by atoms with Crippen LogP contribution in [0.15, 0.2) is 46.7 Å². The quantitative estimate of drug-likeness (QED) is 0.531. The van der Waals surface area contributed by atoms with Gasteiger partial charge < -0.3 is 14.7 Å². The molecule has 7 nitrogen and oxygen atoms in total. The van der Waals surface area contributed by atoms with Crippen LogP contribution in [0, 0.1) is 6.92 Å². The molecule has 2 N–H and O–H groups in total. The Kier molecular flexibility index (Phi) is 6.26. The van der Waals surface area contributed by atoms with Crippen molar-refractivity contribution in [2.24, 2.45) is 0 Å². The summed E-state index contributed by atoms with van der Waals surface area (Å²) in [7, 11) is 1.98. The predicted octanol–water partition coefficient (Wildman–Crippen LogP) is -0.994. The second-order valence-electron chi connectivity index (χ2n) is 8.25. The van der Waals surface area contributed by atoms with Gasteiger partial charge in [-0.2, -0.15) is 0 Å². The average Bonchev–Trinajstić information content (AvgIpc) is 3.17. The van der Waals surface area contributed by atoms with Gasteiger partial charge in [0.1, 0.15) is 18.8 Å². The minimum atomic E-state index is -0.0666. The summed E-state index contributed by atoms with van der Waals surface area (Å²) in [5, 5.41) is 1.86. The summed E-state index contributed by atoms with van der Waals surface area (Å²) in [6, 6.07) is 10.2. The number of rotatable bonds is 6. The Morgan fingerprint density at radius 1 is 1.27 bits per heavy atom. The Balaban J connectivity index is 1.27. The first-order chi connectivity index (χ1) is 14.5. The lowest BCUT2D eigenvalue weighted by molar-refractivity contribution is -0.918. The predicted molar refractivity (Wildman–Crippen MR) is 117 cm³/mol. The van der Waals surface area contributed by atoms with Crippen LogP contribution in [0.5, 0.6) is 0 Å². The summed E-state index contributed by atoms with van der Waals surface area (Å²) in [4.78, 5) is 34.7. The molecule has 0 radical (unpaired) electrons. The Morgan fingerprint density at radius 2 is 2.07 bits per heavy atom. The third-order valence-corrected chi connectivity index (χ3v) is 6.41. The number of carbonyl (C=O) groups excluding carboxylic acids is 1. The van der Waals surface area contributed by atoms with Crippen LogP contribution in [0.3, 0.4) is 0 Å². The lowest BCUT2D eigenvalue weighted by Crippen LogP contribution is -3.14. The van der Waals surface area contributed by atoms with Gasteiger partial charge in [-0.05, 0) is 6.92 Å². The standard InChI is InChI=1S/C22H27N5O2S/c1-17-4-3-5-18(12-17)14-25-6-8-26(9-7-25)21(29)16-24(2)15-19-13-20(28)27-10-11-30-22(27)23-19/h3-5,10-13H,6-9,14-16H2,1-2H3/p+2. The maximum absolute atomic E-state index is 12.8. The molecular weight excluding hydrogens is 398 g/mol. The van der Waals surface area contributed by atoms with E-state index in [9.17, 15) is 9.59 Å². The number of aromatic nitrogens is 2. The van der Waals surface area contributed by atoms with Gasteiger partial charge in [0, 0.05) is 23.2 Å². The van der Waals surface area contributed by atoms with Crippen LogP contribution >= 0.6 is 11.3 Å². The van der Waals surface area contributed by atoms with Gasteiger partial charge in [-0.25, -0.2) is 4.98 Å². The van der Waals surface area contributed by atoms with E-state index in [1.807, 2.05) is 17.3 Å². The van der Waals surface area contributed by atoms with E-state index in [2.05, 4.69) is 36.2 Å². The number of benzene rings is 1. The SMILES string of the molecule is Cc1cccc(C[NH+]2CCN(C(=O)C[NH+](C)Cc3cc(=O)n4ccsc4n3)CC2)c1. The van der Waals surface area contributed by atoms with Crippen molar-refractivity contribution in [1.82, 2.24) is 14.3 Å². The zero-order chi connectivity index (χ0) is 21.1. The largest absolute Gasteiger partial charge is 0.328 e. The zero-order valence-corrected chi connectivity index (χ0v) is 18.4. The summed E-state index contributed by atoms with van der Waals surface area (Å²) < 4.78 is 1.55. The molecule has 2 aromatic heterocycles. The van der Waals surface area contributed by atoms with Gasteiger partial charge in [-0.1, -0.05) is 29.8 Å². The van der Waals surface area contributed by atoms with Gasteiger partial charge in [0.2, 0.25) is 0 Å². The summed E-state index contributed by atoms with van der Waals surface area (Å²) in [6.07, 6.45) is 1.74. The van der Waals surface area contributed by atoms with Gasteiger partial charge in [0.15, 0.2) is 11.5 Å². The monoisotopic (exact) mass is 427 g/mol. The van der Waals surface area contributed by atoms with Gasteiger partial charge in [-0.15, -0.1) is 11.3 Å². The van der Waals surface area contributed by atoms with Crippen molar-refractivity contribution in [1.29, 1.82) is 0 Å². The molecule has 4 rings (SSSR count). The first-order valence-electron chi connectivity index (χ1n) is 10.4. The second kappa shape index (κ2) is 9.07. The fraction of sp³-hybridized carbons (Fsp3) is 0.409. The van der Waals surface area contributed by atoms with E-state index in [0.29, 0.717) is 18.1 Å². The van der Waals surface area contributed by atoms with Crippen LogP contribution in [0.25, 0.3) is 4.96 Å². The number of fused-ring (bicyclic) bond motifs is 1. The summed E-state index contributed by atoms with van der Waals surface area (Å²) in [5.41, 5.74) is 3.32. The van der Waals surface area contributed by atoms with E-state index in [0.717, 1.165) is 43.3 Å². The number of piperazine rings is 1. The maximum atomic E-state index is 12.8. The van der Waals surface area contributed by atoms with Crippen molar-refractivity contribution in [3.8, 4) is 0 Å². The third-order valence-electron chi connectivity index (χ3n) is 5.65. The maximum Gasteiger partial charge on any atom is 0.278 e. The summed E-state index contributed by atoms with van der Waals surface area (Å²) in [6.45, 7) is 7.67. The minimum absolute atomic E-state index is 0.0666. The number of nitrogens with zero attached hydrogens (tertiary/aromatic N) is 3. The Bertz CT molecular complexity index is 1080. The highest BCUT2D eigenvalue weighted by Gasteiger charge is 2.25. The number of hydrogen-bond donors (Lipinski definition) is 2. The van der Waals surface area contributed by atoms with Gasteiger partial charge >= 0.3 is 0 Å². The molecule has 1 atom stereocenters. The fourth-order valence-electron chi connectivity index (χ4n) is 4.08. The lowest BCUT2D eigenvalue weighted by Gasteiger charge is -2.32. The minimum Gasteiger partial charge on any atom is -0.328 e. The molecule has 1 aliphatic rings. The molecule has 30 heavy (non-hydrogen) atoms. The number of thiazole rings is 1. The van der Waals surface area contributed by atoms with E-state index in [1.54, 1.807) is 16.7 Å². The van der Waals surface area contributed by atoms with Crippen molar-refractivity contribution in [2.75, 3.05) is 39.8 Å². The second-order valence-corrected chi connectivity index (χ2v) is 9.12. The molecule has 3 heterocycles. The molecule has 0 spiro atoms. The van der Waals surface area contributed by atoms with Gasteiger partial charge in [-0.3, -0.25) is 14.0 Å². The van der Waals surface area contributed by atoms with Crippen LogP contribution in [0.4, 0.5) is 0 Å². The Morgan fingerprint density at radius 3 is 2.83 bits per heavy atom. The van der Waals surface area contributed by atoms with Crippen molar-refractivity contribution in [3.05, 3.63) is 69.1 Å². The number of hydrogen-bond acceptors (Lipinski definition) is 4. The van der Waals surface area contributed by atoms with Crippen LogP contribution in [-0.4, -0.2) is 60.0 Å². The number of quaternary nitrogens is 2. The molecule has 1 unspecified atom stereocenters. The molecule has 1 amide bonds. The average molecular weight is 428 g/mol. The number of nitrogens with one attached hydrogen (secondary N) is 2. The van der Waals surface area contributed by atoms with E-state index in [1.165, 1.54) is 27.4 Å². The zero-order valence-electron chi connectivity index (χ0n) is 17.6. The third kappa shape index (κ3) is 4.95. The Labute approximate surface area is 180 Å². The molecule has 0 aliphatic carbocycles. The molecule has 158 valence electrons. The number of likely N-dealkylation sites (N-methyl/N-ethyl adjacent to an activating group) is 1. The number of aryl methyl sites for hydroxylation is 1. The smallest absolute Gasteiger partial charge is 0.278 e. The van der Waals surface area contributed by atoms with Crippen molar-refractivity contribution in [2.45, 2.75) is 20.0 Å². The summed E-state index contributed by atoms with van der Waals surface area (Å²) in [5.74, 6) is 0.177. The number of carbonyl (C=O) groups is 1. The van der Waals surface area contributed by atoms with Crippen LogP contribution in [0.1, 0.15) is 16.8 Å². The van der Waals surface area contributed by atoms with Crippen LogP contribution in [-0.2, 0) is 17.9 Å². The number of amides is 1. The molecule has 1 aliphatic heterocycles. The highest BCUT2D eigenvalue weighted by molar-refractivity contribution is 7.15. The van der Waals surface area contributed by atoms with Gasteiger partial charge in [0.05, 0.1) is 33.2 Å². The first-order valence-corrected chi connectivity index (χ1v) is 11.3. The van der Waals surface area contributed by atoms with Gasteiger partial charge in [0.25, 0.3) is 11.5 Å². The Hall–Kier alpha value is -2.55. The van der Waals surface area contributed by atoms with E-state index in [4.69, 9.17) is 0 Å². The molecule has 1 saturated heterocycles. The normalized spacial score (nSPS) is 16.1. The highest BCUT2D eigenvalue weighted by atomic mass is 32.1. The van der Waals surface area contributed by atoms with Crippen molar-refractivity contribution in [3.63, 3.8) is 0 Å². The molecular formula is C22H29N5O2S+2. The first kappa shape index (κ1) is 20.7. The van der Waals surface area contributed by atoms with E-state index in [-0.39, 0.29) is 11.5 Å². The highest BCUT2D eigenvalue weighted by Crippen LogP contribution is 2.06. The van der Waals surface area contributed by atoms with E-state index >= 15 is 0 Å². The topological polar surface area (TPSA) is 63.6 Å². The van der Waals surface area contributed by atoms with Crippen LogP contribution in [0.2, 0.25) is 0 Å². The molecule has 3 aromatic rings. The molecule has 1 aromatic carbocycles. The van der Waals surface area contributed by atoms with Crippen molar-refractivity contribution < 1.29 is 14.6 Å². The fourth-order valence-corrected chi connectivity index (χ4v) is 4.82.